The number of anilines is 1. The minimum absolute atomic E-state index is 0.146. The number of nitrogens with zero attached hydrogens (tertiary/aromatic N) is 3. The van der Waals surface area contributed by atoms with Crippen molar-refractivity contribution in [3.05, 3.63) is 71.0 Å². The molecule has 0 bridgehead atoms. The van der Waals surface area contributed by atoms with Gasteiger partial charge in [0.05, 0.1) is 0 Å². The molecule has 0 fully saturated rings. The maximum Gasteiger partial charge on any atom is 0.235 e. The van der Waals surface area contributed by atoms with Gasteiger partial charge in [-0.3, -0.25) is 4.79 Å². The van der Waals surface area contributed by atoms with Crippen LogP contribution in [0.25, 0.3) is 0 Å². The fourth-order valence-corrected chi connectivity index (χ4v) is 2.63. The first kappa shape index (κ1) is 15.9. The Kier molecular flexibility index (Phi) is 4.65. The van der Waals surface area contributed by atoms with E-state index in [-0.39, 0.29) is 5.91 Å². The lowest BCUT2D eigenvalue weighted by atomic mass is 9.96. The second-order valence-electron chi connectivity index (χ2n) is 5.82. The van der Waals surface area contributed by atoms with Gasteiger partial charge in [0.1, 0.15) is 5.92 Å². The van der Waals surface area contributed by atoms with E-state index in [4.69, 9.17) is 0 Å². The normalized spacial score (nSPS) is 11.9. The third-order valence-corrected chi connectivity index (χ3v) is 3.92. The number of aromatic nitrogens is 4. The van der Waals surface area contributed by atoms with Crippen LogP contribution in [0.15, 0.2) is 48.5 Å². The molecule has 1 heterocycles. The van der Waals surface area contributed by atoms with Crippen molar-refractivity contribution in [2.75, 3.05) is 5.32 Å². The maximum absolute atomic E-state index is 12.8. The molecule has 0 aliphatic heterocycles. The van der Waals surface area contributed by atoms with Crippen LogP contribution in [0.5, 0.6) is 0 Å². The molecule has 6 heteroatoms. The quantitative estimate of drug-likeness (QED) is 0.757. The molecule has 1 atom stereocenters. The van der Waals surface area contributed by atoms with Gasteiger partial charge in [-0.1, -0.05) is 53.2 Å². The number of rotatable bonds is 5. The number of tetrazole rings is 1. The van der Waals surface area contributed by atoms with Crippen LogP contribution in [0.1, 0.15) is 28.4 Å². The fraction of sp³-hybridized carbons (Fsp3) is 0.222. The van der Waals surface area contributed by atoms with E-state index in [1.54, 1.807) is 0 Å². The first-order valence-electron chi connectivity index (χ1n) is 7.79. The smallest absolute Gasteiger partial charge is 0.235 e. The summed E-state index contributed by atoms with van der Waals surface area (Å²) in [6, 6.07) is 15.8. The van der Waals surface area contributed by atoms with Crippen LogP contribution in [-0.2, 0) is 11.2 Å². The van der Waals surface area contributed by atoms with E-state index in [1.165, 1.54) is 0 Å². The van der Waals surface area contributed by atoms with Crippen molar-refractivity contribution in [3.8, 4) is 0 Å². The number of aromatic amines is 1. The molecule has 3 aromatic rings. The lowest BCUT2D eigenvalue weighted by Gasteiger charge is -2.15. The van der Waals surface area contributed by atoms with Gasteiger partial charge in [0, 0.05) is 5.69 Å². The topological polar surface area (TPSA) is 83.6 Å². The predicted octanol–water partition coefficient (Wildman–Crippen LogP) is 2.78. The number of hydrogen-bond acceptors (Lipinski definition) is 4. The molecular weight excluding hydrogens is 302 g/mol. The number of aryl methyl sites for hydroxylation is 2. The molecule has 0 aliphatic rings. The third kappa shape index (κ3) is 3.65. The predicted molar refractivity (Wildman–Crippen MR) is 91.6 cm³/mol. The number of nitrogens with one attached hydrogen (secondary N) is 2. The van der Waals surface area contributed by atoms with Crippen LogP contribution < -0.4 is 5.32 Å². The number of benzene rings is 2. The van der Waals surface area contributed by atoms with Crippen molar-refractivity contribution in [1.82, 2.24) is 20.6 Å². The molecule has 0 saturated heterocycles. The van der Waals surface area contributed by atoms with E-state index in [2.05, 4.69) is 32.0 Å². The summed E-state index contributed by atoms with van der Waals surface area (Å²) in [6.07, 6.45) is 0.513. The zero-order chi connectivity index (χ0) is 16.9. The standard InChI is InChI=1S/C18H19N5O/c1-12-6-5-8-14(10-12)11-15(17-20-22-23-21-17)18(24)19-16-9-4-3-7-13(16)2/h3-10,15H,11H2,1-2H3,(H,19,24)(H,20,21,22,23)/t15-/m1/s1. The van der Waals surface area contributed by atoms with Gasteiger partial charge in [-0.2, -0.15) is 5.21 Å². The molecule has 0 unspecified atom stereocenters. The van der Waals surface area contributed by atoms with E-state index >= 15 is 0 Å². The Morgan fingerprint density at radius 1 is 1.17 bits per heavy atom. The van der Waals surface area contributed by atoms with Crippen molar-refractivity contribution in [2.24, 2.45) is 0 Å². The van der Waals surface area contributed by atoms with Crippen LogP contribution in [0.4, 0.5) is 5.69 Å². The zero-order valence-corrected chi connectivity index (χ0v) is 13.7. The van der Waals surface area contributed by atoms with E-state index in [1.807, 2.05) is 56.3 Å². The van der Waals surface area contributed by atoms with E-state index in [9.17, 15) is 4.79 Å². The molecule has 122 valence electrons. The summed E-state index contributed by atoms with van der Waals surface area (Å²) in [6.45, 7) is 3.99. The molecule has 24 heavy (non-hydrogen) atoms. The zero-order valence-electron chi connectivity index (χ0n) is 13.7. The summed E-state index contributed by atoms with van der Waals surface area (Å²) in [5.74, 6) is -0.264. The highest BCUT2D eigenvalue weighted by Gasteiger charge is 2.25. The minimum Gasteiger partial charge on any atom is -0.325 e. The van der Waals surface area contributed by atoms with Crippen LogP contribution in [0.3, 0.4) is 0 Å². The molecule has 0 saturated carbocycles. The van der Waals surface area contributed by atoms with Gasteiger partial charge in [-0.25, -0.2) is 0 Å². The van der Waals surface area contributed by atoms with Crippen molar-refractivity contribution < 1.29 is 4.79 Å². The van der Waals surface area contributed by atoms with Gasteiger partial charge in [0.2, 0.25) is 5.91 Å². The number of hydrogen-bond donors (Lipinski definition) is 2. The summed E-state index contributed by atoms with van der Waals surface area (Å²) in [5, 5.41) is 17.0. The van der Waals surface area contributed by atoms with Crippen molar-refractivity contribution in [3.63, 3.8) is 0 Å². The largest absolute Gasteiger partial charge is 0.325 e. The fourth-order valence-electron chi connectivity index (χ4n) is 2.63. The Morgan fingerprint density at radius 3 is 2.71 bits per heavy atom. The third-order valence-electron chi connectivity index (χ3n) is 3.92. The average Bonchev–Trinajstić information content (AvgIpc) is 3.09. The molecular formula is C18H19N5O. The highest BCUT2D eigenvalue weighted by atomic mass is 16.1. The summed E-state index contributed by atoms with van der Waals surface area (Å²) in [7, 11) is 0. The summed E-state index contributed by atoms with van der Waals surface area (Å²) in [4.78, 5) is 12.8. The van der Waals surface area contributed by atoms with E-state index < -0.39 is 5.92 Å². The molecule has 6 nitrogen and oxygen atoms in total. The van der Waals surface area contributed by atoms with Crippen LogP contribution in [0.2, 0.25) is 0 Å². The molecule has 0 aliphatic carbocycles. The Labute approximate surface area is 140 Å². The summed E-state index contributed by atoms with van der Waals surface area (Å²) in [5.41, 5.74) is 4.01. The number of H-pyrrole nitrogens is 1. The first-order valence-corrected chi connectivity index (χ1v) is 7.79. The Morgan fingerprint density at radius 2 is 2.00 bits per heavy atom. The van der Waals surface area contributed by atoms with Gasteiger partial charge >= 0.3 is 0 Å². The lowest BCUT2D eigenvalue weighted by Crippen LogP contribution is -2.24. The van der Waals surface area contributed by atoms with E-state index in [0.717, 1.165) is 22.4 Å². The summed E-state index contributed by atoms with van der Waals surface area (Å²) < 4.78 is 0. The first-order chi connectivity index (χ1) is 11.6. The number of para-hydroxylation sites is 1. The number of carbonyl (C=O) groups is 1. The monoisotopic (exact) mass is 321 g/mol. The SMILES string of the molecule is Cc1cccc(C[C@@H](C(=O)Nc2ccccc2C)c2nn[nH]n2)c1. The lowest BCUT2D eigenvalue weighted by molar-refractivity contribution is -0.117. The van der Waals surface area contributed by atoms with Crippen LogP contribution in [0, 0.1) is 13.8 Å². The molecule has 1 amide bonds. The van der Waals surface area contributed by atoms with Gasteiger partial charge in [0.15, 0.2) is 5.82 Å². The van der Waals surface area contributed by atoms with Gasteiger partial charge < -0.3 is 5.32 Å². The van der Waals surface area contributed by atoms with E-state index in [0.29, 0.717) is 12.2 Å². The molecule has 2 aromatic carbocycles. The molecule has 1 aromatic heterocycles. The molecule has 0 radical (unpaired) electrons. The number of carbonyl (C=O) groups excluding carboxylic acids is 1. The second-order valence-corrected chi connectivity index (χ2v) is 5.82. The minimum atomic E-state index is -0.509. The van der Waals surface area contributed by atoms with Crippen molar-refractivity contribution in [2.45, 2.75) is 26.2 Å². The van der Waals surface area contributed by atoms with Crippen LogP contribution >= 0.6 is 0 Å². The van der Waals surface area contributed by atoms with Gasteiger partial charge in [-0.05, 0) is 37.5 Å². The highest BCUT2D eigenvalue weighted by Crippen LogP contribution is 2.22. The second kappa shape index (κ2) is 7.04. The van der Waals surface area contributed by atoms with Gasteiger partial charge in [0.25, 0.3) is 0 Å². The molecule has 0 spiro atoms. The van der Waals surface area contributed by atoms with Crippen molar-refractivity contribution in [1.29, 1.82) is 0 Å². The molecule has 3 rings (SSSR count). The number of amides is 1. The Bertz CT molecular complexity index is 829. The van der Waals surface area contributed by atoms with Crippen molar-refractivity contribution >= 4 is 11.6 Å². The molecule has 2 N–H and O–H groups in total. The van der Waals surface area contributed by atoms with Gasteiger partial charge in [-0.15, -0.1) is 10.2 Å². The highest BCUT2D eigenvalue weighted by molar-refractivity contribution is 5.96. The van der Waals surface area contributed by atoms with Crippen LogP contribution in [-0.4, -0.2) is 26.5 Å². The Balaban J connectivity index is 1.85. The average molecular weight is 321 g/mol. The maximum atomic E-state index is 12.8. The summed E-state index contributed by atoms with van der Waals surface area (Å²) >= 11 is 0. The Hall–Kier alpha value is -3.02.